The summed E-state index contributed by atoms with van der Waals surface area (Å²) in [6, 6.07) is 4.91. The first-order valence-electron chi connectivity index (χ1n) is 4.86. The maximum absolute atomic E-state index is 11.4. The van der Waals surface area contributed by atoms with Gasteiger partial charge in [-0.05, 0) is 5.56 Å². The Bertz CT molecular complexity index is 567. The summed E-state index contributed by atoms with van der Waals surface area (Å²) in [4.78, 5) is 25.8. The Labute approximate surface area is 108 Å². The van der Waals surface area contributed by atoms with Crippen molar-refractivity contribution in [2.45, 2.75) is 5.75 Å². The molecular formula is C9H10N2O7S. The first kappa shape index (κ1) is 15.0. The van der Waals surface area contributed by atoms with Gasteiger partial charge in [0.1, 0.15) is 0 Å². The lowest BCUT2D eigenvalue weighted by atomic mass is 10.2. The average Bonchev–Trinajstić information content (AvgIpc) is 2.28. The molecule has 0 saturated carbocycles. The number of hydrogen-bond donors (Lipinski definition) is 2. The van der Waals surface area contributed by atoms with Gasteiger partial charge in [-0.3, -0.25) is 15.0 Å². The number of nitro groups is 1. The molecule has 0 aliphatic carbocycles. The van der Waals surface area contributed by atoms with Crippen LogP contribution in [0.4, 0.5) is 5.69 Å². The number of sulfonamides is 1. The summed E-state index contributed by atoms with van der Waals surface area (Å²) < 4.78 is 22.9. The van der Waals surface area contributed by atoms with Crippen molar-refractivity contribution in [2.75, 3.05) is 6.61 Å². The summed E-state index contributed by atoms with van der Waals surface area (Å²) in [5, 5.41) is 18.7. The molecule has 0 radical (unpaired) electrons. The van der Waals surface area contributed by atoms with Crippen LogP contribution in [0, 0.1) is 10.1 Å². The molecule has 1 aromatic rings. The zero-order valence-electron chi connectivity index (χ0n) is 9.48. The smallest absolute Gasteiger partial charge is 0.331 e. The van der Waals surface area contributed by atoms with Crippen molar-refractivity contribution in [1.29, 1.82) is 0 Å². The Morgan fingerprint density at radius 3 is 2.42 bits per heavy atom. The summed E-state index contributed by atoms with van der Waals surface area (Å²) >= 11 is 0. The number of carboxylic acid groups (broad SMARTS) is 1. The molecule has 1 aromatic carbocycles. The molecule has 0 aliphatic heterocycles. The van der Waals surface area contributed by atoms with Crippen molar-refractivity contribution in [3.8, 4) is 0 Å². The van der Waals surface area contributed by atoms with Gasteiger partial charge in [0, 0.05) is 12.1 Å². The highest BCUT2D eigenvalue weighted by Crippen LogP contribution is 2.13. The highest BCUT2D eigenvalue weighted by Gasteiger charge is 2.13. The summed E-state index contributed by atoms with van der Waals surface area (Å²) in [5.74, 6) is -1.80. The predicted octanol–water partition coefficient (Wildman–Crippen LogP) is 0.0304. The molecule has 0 bridgehead atoms. The van der Waals surface area contributed by atoms with Gasteiger partial charge in [0.2, 0.25) is 10.0 Å². The van der Waals surface area contributed by atoms with E-state index < -0.39 is 33.3 Å². The number of aliphatic carboxylic acids is 1. The van der Waals surface area contributed by atoms with E-state index >= 15 is 0 Å². The third kappa shape index (κ3) is 5.42. The van der Waals surface area contributed by atoms with Crippen LogP contribution in [0.15, 0.2) is 24.3 Å². The number of nitro benzene ring substituents is 1. The second kappa shape index (κ2) is 6.22. The highest BCUT2D eigenvalue weighted by molar-refractivity contribution is 7.88. The van der Waals surface area contributed by atoms with Gasteiger partial charge in [0.05, 0.1) is 10.7 Å². The minimum Gasteiger partial charge on any atom is -0.479 e. The molecule has 0 heterocycles. The lowest BCUT2D eigenvalue weighted by Gasteiger charge is -2.05. The largest absolute Gasteiger partial charge is 0.479 e. The molecule has 0 atom stereocenters. The molecule has 0 aliphatic rings. The zero-order valence-corrected chi connectivity index (χ0v) is 10.3. The number of benzene rings is 1. The molecule has 0 spiro atoms. The maximum atomic E-state index is 11.4. The van der Waals surface area contributed by atoms with Crippen molar-refractivity contribution in [3.05, 3.63) is 39.9 Å². The van der Waals surface area contributed by atoms with Crippen molar-refractivity contribution < 1.29 is 28.1 Å². The van der Waals surface area contributed by atoms with Crippen molar-refractivity contribution >= 4 is 21.7 Å². The fourth-order valence-corrected chi connectivity index (χ4v) is 2.07. The minimum atomic E-state index is -3.87. The van der Waals surface area contributed by atoms with Crippen LogP contribution < -0.4 is 4.89 Å². The number of non-ortho nitro benzene ring substituents is 1. The fraction of sp³-hybridized carbons (Fsp3) is 0.222. The first-order valence-corrected chi connectivity index (χ1v) is 6.52. The van der Waals surface area contributed by atoms with Crippen molar-refractivity contribution in [3.63, 3.8) is 0 Å². The van der Waals surface area contributed by atoms with E-state index in [4.69, 9.17) is 5.11 Å². The van der Waals surface area contributed by atoms with Gasteiger partial charge in [-0.2, -0.15) is 0 Å². The molecule has 0 amide bonds. The number of carbonyl (C=O) groups is 1. The Balaban J connectivity index is 2.62. The molecule has 0 aromatic heterocycles. The van der Waals surface area contributed by atoms with E-state index in [1.54, 1.807) is 4.89 Å². The summed E-state index contributed by atoms with van der Waals surface area (Å²) in [6.45, 7) is -0.806. The number of nitrogens with one attached hydrogen (secondary N) is 1. The lowest BCUT2D eigenvalue weighted by molar-refractivity contribution is -0.384. The number of nitrogens with zero attached hydrogens (tertiary/aromatic N) is 1. The van der Waals surface area contributed by atoms with E-state index in [0.29, 0.717) is 5.56 Å². The summed E-state index contributed by atoms with van der Waals surface area (Å²) in [5.41, 5.74) is 0.147. The van der Waals surface area contributed by atoms with E-state index in [9.17, 15) is 23.3 Å². The van der Waals surface area contributed by atoms with Crippen LogP contribution in [-0.2, 0) is 25.4 Å². The third-order valence-corrected chi connectivity index (χ3v) is 2.97. The average molecular weight is 290 g/mol. The van der Waals surface area contributed by atoms with Gasteiger partial charge < -0.3 is 5.11 Å². The lowest BCUT2D eigenvalue weighted by Crippen LogP contribution is -2.27. The van der Waals surface area contributed by atoms with Crippen LogP contribution in [0.5, 0.6) is 0 Å². The molecule has 19 heavy (non-hydrogen) atoms. The molecular weight excluding hydrogens is 280 g/mol. The molecule has 10 heteroatoms. The van der Waals surface area contributed by atoms with Gasteiger partial charge in [-0.15, -0.1) is 0 Å². The number of hydrogen-bond acceptors (Lipinski definition) is 6. The summed E-state index contributed by atoms with van der Waals surface area (Å²) in [6.07, 6.45) is 0. The monoisotopic (exact) mass is 290 g/mol. The molecule has 9 nitrogen and oxygen atoms in total. The van der Waals surface area contributed by atoms with Crippen LogP contribution in [0.25, 0.3) is 0 Å². The Morgan fingerprint density at radius 2 is 1.95 bits per heavy atom. The van der Waals surface area contributed by atoms with Gasteiger partial charge in [0.15, 0.2) is 6.61 Å². The van der Waals surface area contributed by atoms with Gasteiger partial charge in [0.25, 0.3) is 5.69 Å². The summed E-state index contributed by atoms with van der Waals surface area (Å²) in [7, 11) is -3.87. The van der Waals surface area contributed by atoms with Gasteiger partial charge in [-0.25, -0.2) is 13.2 Å². The standard InChI is InChI=1S/C9H10N2O7S/c12-9(13)5-18-10-19(16,17)6-7-1-3-8(4-2-7)11(14)15/h1-4,10H,5-6H2,(H,12,13). The van der Waals surface area contributed by atoms with Crippen LogP contribution in [0.3, 0.4) is 0 Å². The predicted molar refractivity (Wildman–Crippen MR) is 62.4 cm³/mol. The highest BCUT2D eigenvalue weighted by atomic mass is 32.2. The number of rotatable bonds is 7. The van der Waals surface area contributed by atoms with E-state index in [0.717, 1.165) is 0 Å². The SMILES string of the molecule is O=C(O)CONS(=O)(=O)Cc1ccc([N+](=O)[O-])cc1. The second-order valence-electron chi connectivity index (χ2n) is 3.45. The van der Waals surface area contributed by atoms with Crippen LogP contribution in [0.1, 0.15) is 5.56 Å². The van der Waals surface area contributed by atoms with E-state index in [1.807, 2.05) is 0 Å². The fourth-order valence-electron chi connectivity index (χ4n) is 1.14. The van der Waals surface area contributed by atoms with Gasteiger partial charge in [-0.1, -0.05) is 17.0 Å². The van der Waals surface area contributed by atoms with Crippen LogP contribution >= 0.6 is 0 Å². The number of carboxylic acids is 1. The molecule has 0 saturated heterocycles. The van der Waals surface area contributed by atoms with E-state index in [2.05, 4.69) is 4.84 Å². The Kier molecular flexibility index (Phi) is 4.92. The third-order valence-electron chi connectivity index (χ3n) is 1.89. The zero-order chi connectivity index (χ0) is 14.5. The molecule has 0 fully saturated rings. The second-order valence-corrected chi connectivity index (χ2v) is 5.13. The molecule has 0 unspecified atom stereocenters. The Hall–Kier alpha value is -2.04. The maximum Gasteiger partial charge on any atom is 0.331 e. The molecule has 1 rings (SSSR count). The van der Waals surface area contributed by atoms with E-state index in [1.165, 1.54) is 24.3 Å². The van der Waals surface area contributed by atoms with Crippen LogP contribution in [-0.4, -0.2) is 31.0 Å². The normalized spacial score (nSPS) is 11.2. The van der Waals surface area contributed by atoms with Crippen LogP contribution in [0.2, 0.25) is 0 Å². The Morgan fingerprint density at radius 1 is 1.37 bits per heavy atom. The first-order chi connectivity index (χ1) is 8.80. The quantitative estimate of drug-likeness (QED) is 0.534. The van der Waals surface area contributed by atoms with E-state index in [-0.39, 0.29) is 5.69 Å². The molecule has 104 valence electrons. The van der Waals surface area contributed by atoms with Crippen molar-refractivity contribution in [1.82, 2.24) is 4.89 Å². The molecule has 2 N–H and O–H groups in total. The van der Waals surface area contributed by atoms with Gasteiger partial charge >= 0.3 is 5.97 Å². The van der Waals surface area contributed by atoms with Crippen molar-refractivity contribution in [2.24, 2.45) is 0 Å². The minimum absolute atomic E-state index is 0.156. The topological polar surface area (TPSA) is 136 Å².